The van der Waals surface area contributed by atoms with E-state index in [4.69, 9.17) is 4.74 Å². The molecule has 4 rings (SSSR count). The van der Waals surface area contributed by atoms with E-state index in [0.29, 0.717) is 16.5 Å². The van der Waals surface area contributed by atoms with Crippen LogP contribution < -0.4 is 20.3 Å². The Morgan fingerprint density at radius 2 is 1.94 bits per heavy atom. The van der Waals surface area contributed by atoms with Crippen LogP contribution in [0.3, 0.4) is 0 Å². The van der Waals surface area contributed by atoms with Gasteiger partial charge in [0.1, 0.15) is 15.8 Å². The molecule has 0 saturated heterocycles. The minimum absolute atomic E-state index is 0.0528. The number of hydrogen-bond donors (Lipinski definition) is 3. The van der Waals surface area contributed by atoms with Crippen molar-refractivity contribution in [2.45, 2.75) is 4.21 Å². The Bertz CT molecular complexity index is 1530. The van der Waals surface area contributed by atoms with E-state index >= 15 is 0 Å². The number of fused-ring (bicyclic) bond motifs is 1. The summed E-state index contributed by atoms with van der Waals surface area (Å²) in [5.41, 5.74) is -1.01. The average Bonchev–Trinajstić information content (AvgIpc) is 3.30. The molecule has 4 aromatic rings. The first kappa shape index (κ1) is 22.3. The first-order valence-electron chi connectivity index (χ1n) is 9.29. The summed E-state index contributed by atoms with van der Waals surface area (Å²) in [6.45, 7) is 0. The summed E-state index contributed by atoms with van der Waals surface area (Å²) < 4.78 is 46.7. The van der Waals surface area contributed by atoms with Gasteiger partial charge in [-0.25, -0.2) is 26.9 Å². The summed E-state index contributed by atoms with van der Waals surface area (Å²) in [5.74, 6) is -0.918. The maximum Gasteiger partial charge on any atom is 0.333 e. The Morgan fingerprint density at radius 1 is 1.15 bits per heavy atom. The lowest BCUT2D eigenvalue weighted by Crippen LogP contribution is -2.34. The van der Waals surface area contributed by atoms with Crippen LogP contribution in [-0.4, -0.2) is 31.2 Å². The van der Waals surface area contributed by atoms with Gasteiger partial charge in [0, 0.05) is 17.1 Å². The van der Waals surface area contributed by atoms with E-state index in [-0.39, 0.29) is 15.6 Å². The highest BCUT2D eigenvalue weighted by molar-refractivity contribution is 7.92. The number of carbonyl (C=O) groups is 1. The van der Waals surface area contributed by atoms with Crippen molar-refractivity contribution in [2.75, 3.05) is 12.4 Å². The summed E-state index contributed by atoms with van der Waals surface area (Å²) in [6, 6.07) is 11.0. The fourth-order valence-electron chi connectivity index (χ4n) is 3.16. The Hall–Kier alpha value is -3.90. The molecule has 0 saturated carbocycles. The minimum atomic E-state index is -4.06. The Balaban J connectivity index is 1.62. The van der Waals surface area contributed by atoms with E-state index in [1.807, 2.05) is 4.72 Å². The van der Waals surface area contributed by atoms with Gasteiger partial charge in [0.05, 0.1) is 12.8 Å². The van der Waals surface area contributed by atoms with Gasteiger partial charge >= 0.3 is 6.03 Å². The molecule has 0 spiro atoms. The van der Waals surface area contributed by atoms with Crippen molar-refractivity contribution in [1.29, 1.82) is 0 Å². The number of carbonyl (C=O) groups excluding carboxylic acids is 1. The van der Waals surface area contributed by atoms with Crippen LogP contribution in [0.2, 0.25) is 0 Å². The van der Waals surface area contributed by atoms with Crippen LogP contribution >= 0.6 is 11.3 Å². The molecule has 0 aliphatic rings. The number of nitrogens with one attached hydrogen (secondary N) is 2. The maximum absolute atomic E-state index is 14.8. The van der Waals surface area contributed by atoms with Crippen LogP contribution in [0.15, 0.2) is 69.0 Å². The number of benzene rings is 2. The van der Waals surface area contributed by atoms with Crippen LogP contribution in [0, 0.1) is 5.82 Å². The van der Waals surface area contributed by atoms with E-state index in [1.54, 1.807) is 17.5 Å². The van der Waals surface area contributed by atoms with Crippen LogP contribution in [0.4, 0.5) is 14.9 Å². The zero-order chi connectivity index (χ0) is 23.8. The van der Waals surface area contributed by atoms with E-state index in [1.165, 1.54) is 43.5 Å². The van der Waals surface area contributed by atoms with Crippen molar-refractivity contribution in [3.63, 3.8) is 0 Å². The lowest BCUT2D eigenvalue weighted by Gasteiger charge is -2.14. The lowest BCUT2D eigenvalue weighted by molar-refractivity contribution is 0.256. The van der Waals surface area contributed by atoms with E-state index in [9.17, 15) is 27.5 Å². The second-order valence-electron chi connectivity index (χ2n) is 6.75. The van der Waals surface area contributed by atoms with Crippen molar-refractivity contribution in [3.05, 3.63) is 76.1 Å². The summed E-state index contributed by atoms with van der Waals surface area (Å²) >= 11 is 0.932. The molecule has 0 aliphatic carbocycles. The van der Waals surface area contributed by atoms with Crippen LogP contribution in [0.5, 0.6) is 11.6 Å². The molecule has 0 aliphatic heterocycles. The number of thiophene rings is 1. The predicted molar refractivity (Wildman–Crippen MR) is 121 cm³/mol. The summed E-state index contributed by atoms with van der Waals surface area (Å²) in [4.78, 5) is 24.7. The highest BCUT2D eigenvalue weighted by Crippen LogP contribution is 2.29. The largest absolute Gasteiger partial charge is 0.497 e. The van der Waals surface area contributed by atoms with Crippen LogP contribution in [0.25, 0.3) is 16.5 Å². The van der Waals surface area contributed by atoms with Gasteiger partial charge in [0.2, 0.25) is 5.88 Å². The molecule has 9 nitrogen and oxygen atoms in total. The molecular formula is C21H16FN3O6S2. The van der Waals surface area contributed by atoms with Crippen molar-refractivity contribution in [3.8, 4) is 17.3 Å². The zero-order valence-corrected chi connectivity index (χ0v) is 18.5. The number of pyridine rings is 1. The van der Waals surface area contributed by atoms with E-state index in [0.717, 1.165) is 22.0 Å². The fraction of sp³-hybridized carbons (Fsp3) is 0.0476. The molecule has 0 unspecified atom stereocenters. The number of amides is 2. The molecule has 2 heterocycles. The fourth-order valence-corrected chi connectivity index (χ4v) is 5.06. The average molecular weight is 490 g/mol. The Morgan fingerprint density at radius 3 is 2.61 bits per heavy atom. The minimum Gasteiger partial charge on any atom is -0.497 e. The number of anilines is 1. The molecule has 0 radical (unpaired) electrons. The number of hydrogen-bond acceptors (Lipinski definition) is 7. The Kier molecular flexibility index (Phi) is 5.78. The van der Waals surface area contributed by atoms with Crippen LogP contribution in [0.1, 0.15) is 0 Å². The van der Waals surface area contributed by atoms with Crippen molar-refractivity contribution < 1.29 is 27.4 Å². The van der Waals surface area contributed by atoms with Gasteiger partial charge in [-0.2, -0.15) is 0 Å². The third-order valence-corrected chi connectivity index (χ3v) is 7.37. The molecule has 12 heteroatoms. The smallest absolute Gasteiger partial charge is 0.333 e. The van der Waals surface area contributed by atoms with E-state index in [2.05, 4.69) is 5.32 Å². The lowest BCUT2D eigenvalue weighted by atomic mass is 10.1. The van der Waals surface area contributed by atoms with Gasteiger partial charge in [0.15, 0.2) is 0 Å². The number of halogens is 1. The number of ether oxygens (including phenoxy) is 1. The van der Waals surface area contributed by atoms with Gasteiger partial charge < -0.3 is 15.2 Å². The molecule has 0 atom stereocenters. The first-order valence-corrected chi connectivity index (χ1v) is 11.7. The number of sulfonamides is 1. The molecule has 0 bridgehead atoms. The number of nitrogens with zero attached hydrogens (tertiary/aromatic N) is 1. The predicted octanol–water partition coefficient (Wildman–Crippen LogP) is 3.42. The number of aromatic nitrogens is 1. The van der Waals surface area contributed by atoms with Gasteiger partial charge in [-0.3, -0.25) is 4.79 Å². The van der Waals surface area contributed by atoms with Crippen LogP contribution in [-0.2, 0) is 10.0 Å². The molecule has 0 fully saturated rings. The molecule has 2 aromatic carbocycles. The number of methoxy groups -OCH3 is 1. The number of aromatic hydroxyl groups is 1. The SMILES string of the molecule is COc1ccc2c(O)n(-c3ccc(NC(=O)NS(=O)(=O)c4cccs4)cc3F)c(=O)cc2c1. The van der Waals surface area contributed by atoms with Gasteiger partial charge in [-0.15, -0.1) is 11.3 Å². The van der Waals surface area contributed by atoms with Crippen molar-refractivity contribution in [2.24, 2.45) is 0 Å². The van der Waals surface area contributed by atoms with Gasteiger partial charge in [0.25, 0.3) is 15.6 Å². The van der Waals surface area contributed by atoms with Crippen molar-refractivity contribution in [1.82, 2.24) is 9.29 Å². The standard InChI is InChI=1S/C21H16FN3O6S2/c1-31-14-5-6-15-12(9-14)10-18(26)25(20(15)27)17-7-4-13(11-16(17)22)23-21(28)24-33(29,30)19-3-2-8-32-19/h2-11,27H,1H3,(H2,23,24,28). The third-order valence-electron chi connectivity index (χ3n) is 4.64. The molecule has 33 heavy (non-hydrogen) atoms. The summed E-state index contributed by atoms with van der Waals surface area (Å²) in [5, 5.41) is 15.1. The van der Waals surface area contributed by atoms with Crippen molar-refractivity contribution >= 4 is 43.9 Å². The highest BCUT2D eigenvalue weighted by atomic mass is 32.2. The monoisotopic (exact) mass is 489 g/mol. The number of urea groups is 1. The summed E-state index contributed by atoms with van der Waals surface area (Å²) in [6.07, 6.45) is 0. The normalized spacial score (nSPS) is 11.3. The van der Waals surface area contributed by atoms with Gasteiger partial charge in [-0.1, -0.05) is 6.07 Å². The molecule has 2 aromatic heterocycles. The van der Waals surface area contributed by atoms with E-state index < -0.39 is 33.3 Å². The quantitative estimate of drug-likeness (QED) is 0.394. The molecular weight excluding hydrogens is 473 g/mol. The third kappa shape index (κ3) is 4.38. The summed E-state index contributed by atoms with van der Waals surface area (Å²) in [7, 11) is -2.60. The van der Waals surface area contributed by atoms with Gasteiger partial charge in [-0.05, 0) is 53.2 Å². The first-order chi connectivity index (χ1) is 15.7. The zero-order valence-electron chi connectivity index (χ0n) is 16.9. The highest BCUT2D eigenvalue weighted by Gasteiger charge is 2.20. The Labute approximate surface area is 190 Å². The molecule has 2 amide bonds. The number of rotatable bonds is 5. The molecule has 3 N–H and O–H groups in total. The maximum atomic E-state index is 14.8. The molecule has 170 valence electrons. The second-order valence-corrected chi connectivity index (χ2v) is 9.61. The topological polar surface area (TPSA) is 127 Å². The second kappa shape index (κ2) is 8.56.